The number of carbonyl (C=O) groups excluding carboxylic acids is 1. The molecule has 2 N–H and O–H groups in total. The molecule has 0 saturated heterocycles. The van der Waals surface area contributed by atoms with Crippen LogP contribution < -0.4 is 10.2 Å². The van der Waals surface area contributed by atoms with E-state index < -0.39 is 22.5 Å². The van der Waals surface area contributed by atoms with Crippen LogP contribution in [0.4, 0.5) is 21.9 Å². The summed E-state index contributed by atoms with van der Waals surface area (Å²) in [5, 5.41) is 22.9. The van der Waals surface area contributed by atoms with Gasteiger partial charge >= 0.3 is 6.09 Å². The van der Waals surface area contributed by atoms with Crippen LogP contribution in [-0.2, 0) is 0 Å². The number of nitro groups is 1. The first-order valence-electron chi connectivity index (χ1n) is 7.78. The first-order chi connectivity index (χ1) is 12.1. The van der Waals surface area contributed by atoms with Crippen molar-refractivity contribution in [2.45, 2.75) is 26.3 Å². The zero-order valence-electron chi connectivity index (χ0n) is 14.6. The number of nitro benzene ring substituents is 1. The smallest absolute Gasteiger partial charge is 0.412 e. The van der Waals surface area contributed by atoms with Gasteiger partial charge in [0, 0.05) is 34.6 Å². The van der Waals surface area contributed by atoms with Crippen LogP contribution in [-0.4, -0.2) is 27.6 Å². The molecule has 0 atom stereocenters. The number of nitrogens with one attached hydrogen (secondary N) is 1. The van der Waals surface area contributed by atoms with E-state index in [9.17, 15) is 24.8 Å². The van der Waals surface area contributed by atoms with Crippen LogP contribution in [0.3, 0.4) is 0 Å². The largest absolute Gasteiger partial charge is 0.465 e. The lowest BCUT2D eigenvalue weighted by Gasteiger charge is -2.33. The summed E-state index contributed by atoms with van der Waals surface area (Å²) in [5.74, 6) is -0.525. The monoisotopic (exact) mass is 357 g/mol. The van der Waals surface area contributed by atoms with Crippen molar-refractivity contribution in [3.63, 3.8) is 0 Å². The quantitative estimate of drug-likeness (QED) is 0.631. The van der Waals surface area contributed by atoms with Crippen LogP contribution >= 0.6 is 0 Å². The van der Waals surface area contributed by atoms with Gasteiger partial charge in [0.05, 0.1) is 4.92 Å². The average molecular weight is 357 g/mol. The van der Waals surface area contributed by atoms with Gasteiger partial charge in [0.25, 0.3) is 11.6 Å². The molecule has 0 fully saturated rings. The summed E-state index contributed by atoms with van der Waals surface area (Å²) in [4.78, 5) is 35.4. The lowest BCUT2D eigenvalue weighted by molar-refractivity contribution is -0.384. The maximum Gasteiger partial charge on any atom is 0.412 e. The molecule has 0 aliphatic heterocycles. The number of anilines is 2. The Labute approximate surface area is 150 Å². The molecule has 8 heteroatoms. The van der Waals surface area contributed by atoms with Crippen molar-refractivity contribution in [2.24, 2.45) is 0 Å². The number of carboxylic acid groups (broad SMARTS) is 1. The molecule has 2 rings (SSSR count). The van der Waals surface area contributed by atoms with E-state index in [1.165, 1.54) is 35.2 Å². The third kappa shape index (κ3) is 4.35. The second-order valence-corrected chi connectivity index (χ2v) is 6.60. The van der Waals surface area contributed by atoms with Gasteiger partial charge in [0.2, 0.25) is 0 Å². The van der Waals surface area contributed by atoms with E-state index in [2.05, 4.69) is 5.32 Å². The number of non-ortho nitro benzene ring substituents is 1. The SMILES string of the molecule is CC(C)(C)N(C(=O)O)c1cccc(NC(=O)c2cccc([N+](=O)[O-])c2)c1. The van der Waals surface area contributed by atoms with E-state index in [1.54, 1.807) is 39.0 Å². The predicted molar refractivity (Wildman–Crippen MR) is 97.7 cm³/mol. The Morgan fingerprint density at radius 3 is 2.35 bits per heavy atom. The highest BCUT2D eigenvalue weighted by Crippen LogP contribution is 2.27. The van der Waals surface area contributed by atoms with Crippen LogP contribution in [0.1, 0.15) is 31.1 Å². The van der Waals surface area contributed by atoms with Gasteiger partial charge < -0.3 is 10.4 Å². The Morgan fingerprint density at radius 1 is 1.12 bits per heavy atom. The van der Waals surface area contributed by atoms with Crippen LogP contribution in [0.15, 0.2) is 48.5 Å². The number of nitrogens with zero attached hydrogens (tertiary/aromatic N) is 2. The van der Waals surface area contributed by atoms with E-state index in [1.807, 2.05) is 0 Å². The lowest BCUT2D eigenvalue weighted by atomic mass is 10.1. The van der Waals surface area contributed by atoms with E-state index in [4.69, 9.17) is 0 Å². The number of hydrogen-bond donors (Lipinski definition) is 2. The molecule has 0 bridgehead atoms. The fourth-order valence-electron chi connectivity index (χ4n) is 2.47. The third-order valence-corrected chi connectivity index (χ3v) is 3.54. The van der Waals surface area contributed by atoms with E-state index in [-0.39, 0.29) is 11.3 Å². The number of rotatable bonds is 4. The first kappa shape index (κ1) is 18.9. The Morgan fingerprint density at radius 2 is 1.77 bits per heavy atom. The van der Waals surface area contributed by atoms with Crippen LogP contribution in [0.25, 0.3) is 0 Å². The summed E-state index contributed by atoms with van der Waals surface area (Å²) < 4.78 is 0. The molecule has 0 spiro atoms. The molecular formula is C18H19N3O5. The summed E-state index contributed by atoms with van der Waals surface area (Å²) in [6.07, 6.45) is -1.11. The molecule has 2 aromatic rings. The molecule has 0 unspecified atom stereocenters. The van der Waals surface area contributed by atoms with Gasteiger partial charge in [-0.05, 0) is 45.0 Å². The van der Waals surface area contributed by atoms with Crippen LogP contribution in [0.5, 0.6) is 0 Å². The maximum absolute atomic E-state index is 12.3. The minimum atomic E-state index is -1.11. The molecule has 136 valence electrons. The van der Waals surface area contributed by atoms with Gasteiger partial charge in [-0.2, -0.15) is 0 Å². The van der Waals surface area contributed by atoms with E-state index in [0.29, 0.717) is 11.4 Å². The van der Waals surface area contributed by atoms with Gasteiger partial charge in [-0.15, -0.1) is 0 Å². The number of hydrogen-bond acceptors (Lipinski definition) is 4. The standard InChI is InChI=1S/C18H19N3O5/c1-18(2,3)20(17(23)24)14-8-5-7-13(11-14)19-16(22)12-6-4-9-15(10-12)21(25)26/h4-11H,1-3H3,(H,19,22)(H,23,24). The highest BCUT2D eigenvalue weighted by molar-refractivity contribution is 6.05. The molecule has 0 radical (unpaired) electrons. The highest BCUT2D eigenvalue weighted by Gasteiger charge is 2.28. The normalized spacial score (nSPS) is 10.9. The summed E-state index contributed by atoms with van der Waals surface area (Å²) in [6, 6.07) is 11.8. The van der Waals surface area contributed by atoms with Gasteiger partial charge in [-0.3, -0.25) is 19.8 Å². The number of amides is 2. The molecule has 2 aromatic carbocycles. The highest BCUT2D eigenvalue weighted by atomic mass is 16.6. The summed E-state index contributed by atoms with van der Waals surface area (Å²) in [6.45, 7) is 5.28. The van der Waals surface area contributed by atoms with Crippen molar-refractivity contribution < 1.29 is 19.6 Å². The zero-order chi connectivity index (χ0) is 19.5. The van der Waals surface area contributed by atoms with Crippen LogP contribution in [0.2, 0.25) is 0 Å². The Bertz CT molecular complexity index is 858. The summed E-state index contributed by atoms with van der Waals surface area (Å²) in [5.41, 5.74) is 0.0668. The van der Waals surface area contributed by atoms with Gasteiger partial charge in [0.15, 0.2) is 0 Å². The molecule has 2 amide bonds. The Hall–Kier alpha value is -3.42. The Kier molecular flexibility index (Phi) is 5.25. The van der Waals surface area contributed by atoms with Crippen molar-refractivity contribution in [2.75, 3.05) is 10.2 Å². The molecule has 0 aliphatic rings. The molecule has 8 nitrogen and oxygen atoms in total. The second kappa shape index (κ2) is 7.22. The fourth-order valence-corrected chi connectivity index (χ4v) is 2.47. The number of benzene rings is 2. The summed E-state index contributed by atoms with van der Waals surface area (Å²) in [7, 11) is 0. The van der Waals surface area contributed by atoms with Gasteiger partial charge in [-0.1, -0.05) is 12.1 Å². The van der Waals surface area contributed by atoms with E-state index in [0.717, 1.165) is 0 Å². The minimum absolute atomic E-state index is 0.135. The molecule has 0 heterocycles. The van der Waals surface area contributed by atoms with Gasteiger partial charge in [0.1, 0.15) is 0 Å². The maximum atomic E-state index is 12.3. The predicted octanol–water partition coefficient (Wildman–Crippen LogP) is 4.13. The summed E-state index contributed by atoms with van der Waals surface area (Å²) >= 11 is 0. The van der Waals surface area contributed by atoms with Crippen molar-refractivity contribution in [1.29, 1.82) is 0 Å². The average Bonchev–Trinajstić information content (AvgIpc) is 2.53. The molecular weight excluding hydrogens is 338 g/mol. The molecule has 0 aromatic heterocycles. The topological polar surface area (TPSA) is 113 Å². The van der Waals surface area contributed by atoms with Gasteiger partial charge in [-0.25, -0.2) is 4.79 Å². The number of carbonyl (C=O) groups is 2. The molecule has 26 heavy (non-hydrogen) atoms. The minimum Gasteiger partial charge on any atom is -0.465 e. The fraction of sp³-hybridized carbons (Fsp3) is 0.222. The van der Waals surface area contributed by atoms with Crippen molar-refractivity contribution >= 4 is 29.1 Å². The van der Waals surface area contributed by atoms with Crippen molar-refractivity contribution in [3.8, 4) is 0 Å². The lowest BCUT2D eigenvalue weighted by Crippen LogP contribution is -2.45. The molecule has 0 aliphatic carbocycles. The molecule has 0 saturated carbocycles. The first-order valence-corrected chi connectivity index (χ1v) is 7.78. The third-order valence-electron chi connectivity index (χ3n) is 3.54. The van der Waals surface area contributed by atoms with Crippen molar-refractivity contribution in [1.82, 2.24) is 0 Å². The van der Waals surface area contributed by atoms with E-state index >= 15 is 0 Å². The van der Waals surface area contributed by atoms with Crippen LogP contribution in [0, 0.1) is 10.1 Å². The van der Waals surface area contributed by atoms with Crippen molar-refractivity contribution in [3.05, 3.63) is 64.2 Å². The zero-order valence-corrected chi connectivity index (χ0v) is 14.6. The second-order valence-electron chi connectivity index (χ2n) is 6.60. The Balaban J connectivity index is 2.28.